The van der Waals surface area contributed by atoms with E-state index < -0.39 is 5.82 Å². The van der Waals surface area contributed by atoms with Crippen LogP contribution in [0.25, 0.3) is 0 Å². The van der Waals surface area contributed by atoms with Gasteiger partial charge in [-0.05, 0) is 27.9 Å². The van der Waals surface area contributed by atoms with E-state index in [4.69, 9.17) is 16.3 Å². The summed E-state index contributed by atoms with van der Waals surface area (Å²) in [7, 11) is 1.77. The maximum absolute atomic E-state index is 13.6. The lowest BCUT2D eigenvalue weighted by Gasteiger charge is -2.16. The Hall–Kier alpha value is -1.40. The molecule has 2 rings (SSSR count). The van der Waals surface area contributed by atoms with Crippen molar-refractivity contribution in [3.63, 3.8) is 0 Å². The number of benzene rings is 1. The Morgan fingerprint density at radius 1 is 1.33 bits per heavy atom. The van der Waals surface area contributed by atoms with Crippen molar-refractivity contribution in [2.24, 2.45) is 0 Å². The number of hydrogen-bond acceptors (Lipinski definition) is 4. The summed E-state index contributed by atoms with van der Waals surface area (Å²) in [6.07, 6.45) is 1.40. The fraction of sp³-hybridized carbons (Fsp3) is 0.286. The number of hydrogen-bond donors (Lipinski definition) is 1. The molecule has 7 heteroatoms. The zero-order valence-electron chi connectivity index (χ0n) is 11.7. The van der Waals surface area contributed by atoms with Gasteiger partial charge in [0.2, 0.25) is 5.88 Å². The first-order valence-corrected chi connectivity index (χ1v) is 7.46. The van der Waals surface area contributed by atoms with Gasteiger partial charge in [-0.3, -0.25) is 0 Å². The van der Waals surface area contributed by atoms with Crippen molar-refractivity contribution in [3.05, 3.63) is 39.3 Å². The second-order valence-corrected chi connectivity index (χ2v) is 5.91. The number of halogens is 3. The van der Waals surface area contributed by atoms with Gasteiger partial charge in [0.05, 0.1) is 15.1 Å². The van der Waals surface area contributed by atoms with E-state index in [1.807, 2.05) is 13.8 Å². The SMILES string of the molecule is CNc1ncnc(Oc2cc(F)c(Cl)cc2Br)c1C(C)C. The van der Waals surface area contributed by atoms with Gasteiger partial charge in [0.15, 0.2) is 0 Å². The van der Waals surface area contributed by atoms with Crippen LogP contribution in [-0.2, 0) is 0 Å². The molecule has 2 aromatic rings. The first-order valence-electron chi connectivity index (χ1n) is 6.29. The molecule has 0 unspecified atom stereocenters. The number of aromatic nitrogens is 2. The fourth-order valence-electron chi connectivity index (χ4n) is 1.87. The molecule has 1 N–H and O–H groups in total. The van der Waals surface area contributed by atoms with Crippen LogP contribution >= 0.6 is 27.5 Å². The highest BCUT2D eigenvalue weighted by Crippen LogP contribution is 2.37. The highest BCUT2D eigenvalue weighted by Gasteiger charge is 2.18. The Labute approximate surface area is 135 Å². The van der Waals surface area contributed by atoms with Gasteiger partial charge in [0, 0.05) is 13.1 Å². The minimum absolute atomic E-state index is 0.0249. The molecule has 0 radical (unpaired) electrons. The molecule has 0 saturated carbocycles. The van der Waals surface area contributed by atoms with Gasteiger partial charge >= 0.3 is 0 Å². The maximum Gasteiger partial charge on any atom is 0.227 e. The van der Waals surface area contributed by atoms with E-state index in [0.29, 0.717) is 21.9 Å². The second-order valence-electron chi connectivity index (χ2n) is 4.64. The normalized spacial score (nSPS) is 10.8. The summed E-state index contributed by atoms with van der Waals surface area (Å²) < 4.78 is 19.9. The molecule has 0 fully saturated rings. The van der Waals surface area contributed by atoms with Gasteiger partial charge < -0.3 is 10.1 Å². The fourth-order valence-corrected chi connectivity index (χ4v) is 2.59. The lowest BCUT2D eigenvalue weighted by Crippen LogP contribution is -2.05. The zero-order valence-corrected chi connectivity index (χ0v) is 14.1. The summed E-state index contributed by atoms with van der Waals surface area (Å²) in [5, 5.41) is 3.03. The van der Waals surface area contributed by atoms with Crippen molar-refractivity contribution in [2.45, 2.75) is 19.8 Å². The molecule has 0 saturated heterocycles. The molecule has 4 nitrogen and oxygen atoms in total. The lowest BCUT2D eigenvalue weighted by molar-refractivity contribution is 0.445. The number of nitrogens with one attached hydrogen (secondary N) is 1. The molecular formula is C14H14BrClFN3O. The Morgan fingerprint density at radius 3 is 2.67 bits per heavy atom. The molecule has 0 aliphatic rings. The van der Waals surface area contributed by atoms with Crippen LogP contribution < -0.4 is 10.1 Å². The van der Waals surface area contributed by atoms with Crippen LogP contribution in [0.5, 0.6) is 11.6 Å². The molecule has 0 spiro atoms. The van der Waals surface area contributed by atoms with Crippen molar-refractivity contribution in [2.75, 3.05) is 12.4 Å². The first-order chi connectivity index (χ1) is 9.93. The standard InChI is InChI=1S/C14H14BrClFN3O/c1-7(2)12-13(18-3)19-6-20-14(12)21-11-5-10(17)9(16)4-8(11)15/h4-7H,1-3H3,(H,18,19,20). The summed E-state index contributed by atoms with van der Waals surface area (Å²) in [5.41, 5.74) is 0.822. The summed E-state index contributed by atoms with van der Waals surface area (Å²) >= 11 is 9.02. The predicted molar refractivity (Wildman–Crippen MR) is 84.9 cm³/mol. The molecule has 21 heavy (non-hydrogen) atoms. The zero-order chi connectivity index (χ0) is 15.6. The minimum Gasteiger partial charge on any atom is -0.437 e. The maximum atomic E-state index is 13.6. The monoisotopic (exact) mass is 373 g/mol. The van der Waals surface area contributed by atoms with Crippen molar-refractivity contribution in [1.29, 1.82) is 0 Å². The van der Waals surface area contributed by atoms with E-state index in [-0.39, 0.29) is 10.9 Å². The molecule has 0 aliphatic heterocycles. The number of ether oxygens (including phenoxy) is 1. The molecule has 1 aromatic carbocycles. The van der Waals surface area contributed by atoms with E-state index in [1.165, 1.54) is 18.5 Å². The van der Waals surface area contributed by atoms with Crippen LogP contribution in [0, 0.1) is 5.82 Å². The smallest absolute Gasteiger partial charge is 0.227 e. The number of anilines is 1. The Balaban J connectivity index is 2.47. The minimum atomic E-state index is -0.552. The van der Waals surface area contributed by atoms with Gasteiger partial charge in [0.1, 0.15) is 23.7 Å². The Bertz CT molecular complexity index is 667. The van der Waals surface area contributed by atoms with E-state index in [2.05, 4.69) is 31.2 Å². The highest BCUT2D eigenvalue weighted by atomic mass is 79.9. The topological polar surface area (TPSA) is 47.0 Å². The van der Waals surface area contributed by atoms with E-state index >= 15 is 0 Å². The van der Waals surface area contributed by atoms with Crippen LogP contribution in [-0.4, -0.2) is 17.0 Å². The molecular weight excluding hydrogens is 361 g/mol. The van der Waals surface area contributed by atoms with Gasteiger partial charge in [0.25, 0.3) is 0 Å². The largest absolute Gasteiger partial charge is 0.437 e. The van der Waals surface area contributed by atoms with Gasteiger partial charge in [-0.25, -0.2) is 14.4 Å². The van der Waals surface area contributed by atoms with E-state index in [0.717, 1.165) is 5.56 Å². The number of rotatable bonds is 4. The third-order valence-corrected chi connectivity index (χ3v) is 3.75. The Morgan fingerprint density at radius 2 is 2.05 bits per heavy atom. The molecule has 0 bridgehead atoms. The van der Waals surface area contributed by atoms with Crippen LogP contribution in [0.4, 0.5) is 10.2 Å². The van der Waals surface area contributed by atoms with Gasteiger partial charge in [-0.1, -0.05) is 25.4 Å². The first kappa shape index (κ1) is 16.0. The lowest BCUT2D eigenvalue weighted by atomic mass is 10.1. The third-order valence-electron chi connectivity index (χ3n) is 2.84. The number of nitrogens with zero attached hydrogens (tertiary/aromatic N) is 2. The van der Waals surface area contributed by atoms with Gasteiger partial charge in [-0.2, -0.15) is 0 Å². The van der Waals surface area contributed by atoms with Crippen molar-refractivity contribution < 1.29 is 9.13 Å². The summed E-state index contributed by atoms with van der Waals surface area (Å²) in [5.74, 6) is 0.954. The van der Waals surface area contributed by atoms with E-state index in [9.17, 15) is 4.39 Å². The van der Waals surface area contributed by atoms with Crippen LogP contribution in [0.2, 0.25) is 5.02 Å². The quantitative estimate of drug-likeness (QED) is 0.766. The summed E-state index contributed by atoms with van der Waals surface area (Å²) in [4.78, 5) is 8.31. The molecule has 0 aliphatic carbocycles. The summed E-state index contributed by atoms with van der Waals surface area (Å²) in [6.45, 7) is 4.01. The third kappa shape index (κ3) is 3.44. The van der Waals surface area contributed by atoms with E-state index in [1.54, 1.807) is 7.05 Å². The molecule has 1 heterocycles. The van der Waals surface area contributed by atoms with Crippen molar-refractivity contribution in [3.8, 4) is 11.6 Å². The Kier molecular flexibility index (Phi) is 5.00. The van der Waals surface area contributed by atoms with Gasteiger partial charge in [-0.15, -0.1) is 0 Å². The van der Waals surface area contributed by atoms with Crippen LogP contribution in [0.3, 0.4) is 0 Å². The summed E-state index contributed by atoms with van der Waals surface area (Å²) in [6, 6.07) is 2.67. The highest BCUT2D eigenvalue weighted by molar-refractivity contribution is 9.10. The van der Waals surface area contributed by atoms with Crippen molar-refractivity contribution >= 4 is 33.3 Å². The molecule has 1 aromatic heterocycles. The average Bonchev–Trinajstić information content (AvgIpc) is 2.44. The van der Waals surface area contributed by atoms with Crippen LogP contribution in [0.1, 0.15) is 25.3 Å². The van der Waals surface area contributed by atoms with Crippen molar-refractivity contribution in [1.82, 2.24) is 9.97 Å². The second kappa shape index (κ2) is 6.58. The molecule has 112 valence electrons. The molecule has 0 amide bonds. The predicted octanol–water partition coefficient (Wildman–Crippen LogP) is 4.99. The molecule has 0 atom stereocenters. The van der Waals surface area contributed by atoms with Crippen LogP contribution in [0.15, 0.2) is 22.9 Å². The average molecular weight is 375 g/mol.